The van der Waals surface area contributed by atoms with Crippen LogP contribution in [0.4, 0.5) is 73.6 Å². The lowest BCUT2D eigenvalue weighted by atomic mass is 9.49. The molecule has 8 aliphatic carbocycles. The maximum absolute atomic E-state index is 13.1. The number of carbonyl (C=O) groups is 1. The van der Waals surface area contributed by atoms with Crippen LogP contribution in [-0.2, 0) is 87.0 Å². The normalized spacial score (nSPS) is 21.2. The fourth-order valence-corrected chi connectivity index (χ4v) is 23.3. The summed E-state index contributed by atoms with van der Waals surface area (Å²) >= 11 is 6.00. The van der Waals surface area contributed by atoms with Crippen LogP contribution in [0.2, 0.25) is 5.02 Å². The second kappa shape index (κ2) is 47.4. The van der Waals surface area contributed by atoms with Gasteiger partial charge in [-0.2, -0.15) is 69.4 Å². The summed E-state index contributed by atoms with van der Waals surface area (Å²) in [6.07, 6.45) is 16.1. The summed E-state index contributed by atoms with van der Waals surface area (Å²) < 4.78 is 159. The molecule has 1 unspecified atom stereocenters. The van der Waals surface area contributed by atoms with Crippen LogP contribution in [0.25, 0.3) is 11.6 Å². The molecule has 10 heterocycles. The minimum Gasteiger partial charge on any atom is -0.465 e. The molecule has 4 aromatic carbocycles. The van der Waals surface area contributed by atoms with Gasteiger partial charge in [0.1, 0.15) is 0 Å². The van der Waals surface area contributed by atoms with E-state index in [1.165, 1.54) is 122 Å². The molecule has 145 heavy (non-hydrogen) atoms. The number of benzene rings is 4. The Morgan fingerprint density at radius 1 is 0.476 bits per heavy atom. The average Bonchev–Trinajstić information content (AvgIpc) is 0.954. The van der Waals surface area contributed by atoms with Gasteiger partial charge in [0.25, 0.3) is 0 Å². The van der Waals surface area contributed by atoms with Crippen molar-refractivity contribution >= 4 is 51.7 Å². The van der Waals surface area contributed by atoms with Crippen LogP contribution in [0.1, 0.15) is 288 Å². The predicted molar refractivity (Wildman–Crippen MR) is 532 cm³/mol. The van der Waals surface area contributed by atoms with E-state index < -0.39 is 41.2 Å². The molecule has 22 rings (SSSR count). The van der Waals surface area contributed by atoms with Crippen LogP contribution < -0.4 is 30.7 Å². The van der Waals surface area contributed by atoms with Crippen molar-refractivity contribution in [3.8, 4) is 11.6 Å². The third-order valence-corrected chi connectivity index (χ3v) is 29.1. The zero-order valence-electron chi connectivity index (χ0n) is 85.7. The van der Waals surface area contributed by atoms with E-state index in [1.807, 2.05) is 6.07 Å². The Labute approximate surface area is 846 Å². The number of aryl methyl sites for hydroxylation is 3. The molecule has 11 aliphatic rings. The average molecular weight is 2040 g/mol. The van der Waals surface area contributed by atoms with Gasteiger partial charge >= 0.3 is 24.5 Å². The van der Waals surface area contributed by atoms with Gasteiger partial charge in [-0.3, -0.25) is 9.80 Å². The molecule has 3 aliphatic heterocycles. The monoisotopic (exact) mass is 2040 g/mol. The van der Waals surface area contributed by atoms with Gasteiger partial charge < -0.3 is 66.9 Å². The number of anilines is 6. The van der Waals surface area contributed by atoms with Crippen LogP contribution in [0.3, 0.4) is 0 Å². The Kier molecular flexibility index (Phi) is 35.3. The van der Waals surface area contributed by atoms with Gasteiger partial charge in [-0.1, -0.05) is 111 Å². The molecule has 7 aromatic heterocycles. The maximum Gasteiger partial charge on any atom is 0.416 e. The van der Waals surface area contributed by atoms with Gasteiger partial charge in [0.2, 0.25) is 41.2 Å². The molecular formula is C106H140ClF9N20O9. The number of aromatic nitrogens is 12. The van der Waals surface area contributed by atoms with E-state index in [-0.39, 0.29) is 37.0 Å². The first-order valence-corrected chi connectivity index (χ1v) is 51.7. The number of nitrogens with one attached hydrogen (secondary N) is 3. The van der Waals surface area contributed by atoms with Crippen molar-refractivity contribution < 1.29 is 80.6 Å². The second-order valence-electron chi connectivity index (χ2n) is 43.8. The molecule has 3 N–H and O–H groups in total. The van der Waals surface area contributed by atoms with E-state index >= 15 is 0 Å². The number of alkyl halides is 9. The second-order valence-corrected chi connectivity index (χ2v) is 44.2. The Morgan fingerprint density at radius 3 is 1.28 bits per heavy atom. The SMILES string of the molecule is CC(C)Cc1noc(CN(C)CC23CC4CC(CC(C4)C2)C3)n1.CC(C)Cc1noc(CNc2cc(C(F)(F)F)ccc2N2CCCC2)n1.CC(c1nc(C(C)(C)C)no1)N(C)CC12CC3CC(CC(C3)C1)C2.COC(=O)c1cc(CCc2nc(CC(C)C)no2)ccc1Cl.Cc1noc(CNc2cc(C(F)(F)F)ccc2N2CCCC2)n1.FC(F)(F)c1ccc(N2CCCC2)c(NCc2nc(-c3ccco3)no2)c1. The fourth-order valence-electron chi connectivity index (χ4n) is 23.1. The van der Waals surface area contributed by atoms with E-state index in [0.29, 0.717) is 116 Å². The molecule has 11 fully saturated rings. The standard InChI is InChI=1S/C20H33N3O.C19H31N3O.C18H17F3N4O2.C18H23F3N4O.C16H19ClN2O3.C15H17F3N4O/c1-13(17-21-18(22-24-17)19(2,3)4)23(5)12-20-9-14-6-15(10-20)8-16(7-14)11-20;1-13(2)4-17-20-18(23-21-17)11-22(3)12-19-8-14-5-15(9-19)7-16(6-14)10-19;19-18(20,21)12-5-6-14(25-7-1-2-8-25)13(10-12)22-11-16-23-17(24-27-16)15-4-3-9-26-15;1-12(2)9-16-23-17(26-24-16)11-22-14-10-13(18(19,20)21)5-6-15(14)25-7-3-4-8-25;1-10(2)8-14-18-15(22-19-14)7-5-11-4-6-13(17)12(9-11)16(20)21-3;1-10-20-14(23-21-10)9-19-12-8-11(15(16,17)18)4-5-13(12)22-6-2-3-7-22/h13-16H,6-12H2,1-5H3;13-16H,4-12H2,1-3H3;3-6,9-10,22H,1-2,7-8,11H2;5-6,10,12,22H,3-4,7-9,11H2,1-2H3;4,6,9-10H,5,7-8H2,1-3H3;4-5,8,19H,2-3,6-7,9H2,1H3. The van der Waals surface area contributed by atoms with Crippen molar-refractivity contribution in [3.63, 3.8) is 0 Å². The first kappa shape index (κ1) is 108. The predicted octanol–water partition coefficient (Wildman–Crippen LogP) is 24.7. The summed E-state index contributed by atoms with van der Waals surface area (Å²) in [5.41, 5.74) is 3.92. The van der Waals surface area contributed by atoms with Crippen molar-refractivity contribution in [1.82, 2.24) is 70.6 Å². The number of nitrogens with zero attached hydrogens (tertiary/aromatic N) is 17. The van der Waals surface area contributed by atoms with Gasteiger partial charge in [-0.15, -0.1) is 0 Å². The Hall–Kier alpha value is -11.2. The van der Waals surface area contributed by atoms with Crippen LogP contribution in [0.5, 0.6) is 0 Å². The molecule has 0 spiro atoms. The van der Waals surface area contributed by atoms with Crippen molar-refractivity contribution in [1.29, 1.82) is 0 Å². The van der Waals surface area contributed by atoms with Gasteiger partial charge in [-0.05, 0) is 298 Å². The number of hydrogen-bond acceptors (Lipinski definition) is 29. The van der Waals surface area contributed by atoms with Crippen LogP contribution in [0, 0.1) is 71.0 Å². The van der Waals surface area contributed by atoms with Gasteiger partial charge in [-0.25, -0.2) is 4.79 Å². The third-order valence-electron chi connectivity index (χ3n) is 28.8. The van der Waals surface area contributed by atoms with Gasteiger partial charge in [0, 0.05) is 83.5 Å². The van der Waals surface area contributed by atoms with Crippen LogP contribution >= 0.6 is 11.6 Å². The number of hydrogen-bond donors (Lipinski definition) is 3. The lowest BCUT2D eigenvalue weighted by Crippen LogP contribution is -2.50. The Bertz CT molecular complexity index is 5890. The molecular weight excluding hydrogens is 1900 g/mol. The number of furan rings is 1. The van der Waals surface area contributed by atoms with E-state index in [4.69, 9.17) is 47.9 Å². The Balaban J connectivity index is 0.000000131. The Morgan fingerprint density at radius 2 is 0.876 bits per heavy atom. The molecule has 11 aromatic rings. The summed E-state index contributed by atoms with van der Waals surface area (Å²) in [5.74, 6) is 14.5. The molecule has 788 valence electrons. The first-order valence-electron chi connectivity index (χ1n) is 51.3. The summed E-state index contributed by atoms with van der Waals surface area (Å²) in [5, 5.41) is 33.1. The van der Waals surface area contributed by atoms with E-state index in [2.05, 4.69) is 185 Å². The minimum atomic E-state index is -4.41. The molecule has 39 heteroatoms. The molecule has 3 saturated heterocycles. The van der Waals surface area contributed by atoms with Crippen LogP contribution in [0.15, 0.2) is 123 Å². The number of rotatable bonds is 31. The highest BCUT2D eigenvalue weighted by Gasteiger charge is 2.53. The first-order chi connectivity index (χ1) is 69.0. The highest BCUT2D eigenvalue weighted by atomic mass is 35.5. The number of halogens is 10. The van der Waals surface area contributed by atoms with E-state index in [9.17, 15) is 44.3 Å². The zero-order chi connectivity index (χ0) is 103. The summed E-state index contributed by atoms with van der Waals surface area (Å²) in [6, 6.07) is 20.2. The number of esters is 1. The molecule has 1 atom stereocenters. The molecule has 0 amide bonds. The summed E-state index contributed by atoms with van der Waals surface area (Å²) in [7, 11) is 5.80. The molecule has 8 bridgehead atoms. The van der Waals surface area contributed by atoms with Crippen LogP contribution in [-0.4, -0.2) is 150 Å². The maximum atomic E-state index is 13.1. The molecule has 0 radical (unpaired) electrons. The van der Waals surface area contributed by atoms with E-state index in [0.717, 1.165) is 221 Å². The quantitative estimate of drug-likeness (QED) is 0.0268. The van der Waals surface area contributed by atoms with E-state index in [1.54, 1.807) is 31.2 Å². The summed E-state index contributed by atoms with van der Waals surface area (Å²) in [6.45, 7) is 31.7. The minimum absolute atomic E-state index is 0.0556. The lowest BCUT2D eigenvalue weighted by molar-refractivity contribution is -0.138. The number of methoxy groups -OCH3 is 1. The molecule has 8 saturated carbocycles. The fraction of sp³-hybridized carbons (Fsp3) is 0.613. The summed E-state index contributed by atoms with van der Waals surface area (Å²) in [4.78, 5) is 48.9. The smallest absolute Gasteiger partial charge is 0.416 e. The molecule has 29 nitrogen and oxygen atoms in total. The zero-order valence-corrected chi connectivity index (χ0v) is 86.5. The van der Waals surface area contributed by atoms with Gasteiger partial charge in [0.15, 0.2) is 34.9 Å². The number of carbonyl (C=O) groups excluding carboxylic acids is 1. The van der Waals surface area contributed by atoms with Crippen molar-refractivity contribution in [3.05, 3.63) is 188 Å². The number of ether oxygens (including phenoxy) is 1. The van der Waals surface area contributed by atoms with Crippen molar-refractivity contribution in [2.24, 2.45) is 64.1 Å². The topological polar surface area (TPSA) is 325 Å². The lowest BCUT2D eigenvalue weighted by Gasteiger charge is -2.58. The van der Waals surface area contributed by atoms with Crippen molar-refractivity contribution in [2.45, 2.75) is 280 Å². The van der Waals surface area contributed by atoms with Gasteiger partial charge in [0.05, 0.1) is 107 Å². The highest BCUT2D eigenvalue weighted by Crippen LogP contribution is 2.62. The highest BCUT2D eigenvalue weighted by molar-refractivity contribution is 6.33. The largest absolute Gasteiger partial charge is 0.465 e. The van der Waals surface area contributed by atoms with Crippen molar-refractivity contribution in [2.75, 3.05) is 104 Å². The third kappa shape index (κ3) is 29.7.